The molecule has 0 saturated carbocycles. The summed E-state index contributed by atoms with van der Waals surface area (Å²) in [5, 5.41) is -0.0168. The first-order chi connectivity index (χ1) is 7.13. The van der Waals surface area contributed by atoms with E-state index in [0.29, 0.717) is 5.75 Å². The van der Waals surface area contributed by atoms with Gasteiger partial charge in [0.25, 0.3) is 5.91 Å². The number of aromatic nitrogens is 1. The molecule has 4 N–H and O–H groups in total. The molecule has 6 nitrogen and oxygen atoms in total. The van der Waals surface area contributed by atoms with Crippen LogP contribution in [0.25, 0.3) is 0 Å². The maximum absolute atomic E-state index is 11.4. The van der Waals surface area contributed by atoms with Gasteiger partial charge in [0.2, 0.25) is 0 Å². The number of carbonyl (C=O) groups is 1. The number of nitrogens with one attached hydrogen (secondary N) is 2. The Bertz CT molecular complexity index is 365. The van der Waals surface area contributed by atoms with Crippen LogP contribution in [0.2, 0.25) is 0 Å². The molecule has 0 aliphatic rings. The monoisotopic (exact) mass is 226 g/mol. The van der Waals surface area contributed by atoms with Gasteiger partial charge in [0.15, 0.2) is 5.11 Å². The Hall–Kier alpha value is -1.89. The lowest BCUT2D eigenvalue weighted by molar-refractivity contribution is 0.0939. The van der Waals surface area contributed by atoms with Crippen LogP contribution >= 0.6 is 12.2 Å². The second kappa shape index (κ2) is 5.11. The van der Waals surface area contributed by atoms with Crippen molar-refractivity contribution in [2.24, 2.45) is 5.73 Å². The van der Waals surface area contributed by atoms with E-state index in [1.165, 1.54) is 19.4 Å². The molecule has 1 aromatic heterocycles. The van der Waals surface area contributed by atoms with Crippen LogP contribution in [0.15, 0.2) is 18.3 Å². The maximum Gasteiger partial charge on any atom is 0.288 e. The van der Waals surface area contributed by atoms with Gasteiger partial charge in [-0.2, -0.15) is 0 Å². The van der Waals surface area contributed by atoms with E-state index in [-0.39, 0.29) is 10.8 Å². The van der Waals surface area contributed by atoms with Gasteiger partial charge in [-0.15, -0.1) is 0 Å². The third kappa shape index (κ3) is 3.39. The molecule has 0 aliphatic heterocycles. The highest BCUT2D eigenvalue weighted by molar-refractivity contribution is 7.80. The minimum atomic E-state index is -0.426. The maximum atomic E-state index is 11.4. The number of nitrogens with zero attached hydrogens (tertiary/aromatic N) is 1. The van der Waals surface area contributed by atoms with Gasteiger partial charge in [0.1, 0.15) is 11.4 Å². The molecule has 80 valence electrons. The number of amides is 1. The summed E-state index contributed by atoms with van der Waals surface area (Å²) in [6, 6.07) is 3.15. The molecule has 0 aliphatic carbocycles. The quantitative estimate of drug-likeness (QED) is 0.468. The highest BCUT2D eigenvalue weighted by atomic mass is 32.1. The van der Waals surface area contributed by atoms with Crippen molar-refractivity contribution in [3.8, 4) is 5.75 Å². The summed E-state index contributed by atoms with van der Waals surface area (Å²) >= 11 is 4.51. The lowest BCUT2D eigenvalue weighted by Gasteiger charge is -2.05. The van der Waals surface area contributed by atoms with Gasteiger partial charge in [-0.3, -0.25) is 15.6 Å². The Labute approximate surface area is 91.8 Å². The van der Waals surface area contributed by atoms with E-state index >= 15 is 0 Å². The molecule has 1 rings (SSSR count). The molecular formula is C8H10N4O2S. The summed E-state index contributed by atoms with van der Waals surface area (Å²) in [5.74, 6) is 0.152. The number of rotatable bonds is 2. The fourth-order valence-corrected chi connectivity index (χ4v) is 0.869. The van der Waals surface area contributed by atoms with Gasteiger partial charge in [0.05, 0.1) is 13.3 Å². The first-order valence-electron chi connectivity index (χ1n) is 3.99. The van der Waals surface area contributed by atoms with Crippen molar-refractivity contribution in [1.29, 1.82) is 0 Å². The van der Waals surface area contributed by atoms with Crippen LogP contribution in [0.5, 0.6) is 5.75 Å². The van der Waals surface area contributed by atoms with E-state index in [0.717, 1.165) is 0 Å². The van der Waals surface area contributed by atoms with E-state index in [2.05, 4.69) is 28.1 Å². The van der Waals surface area contributed by atoms with Gasteiger partial charge in [-0.05, 0) is 24.4 Å². The van der Waals surface area contributed by atoms with Gasteiger partial charge < -0.3 is 10.5 Å². The predicted octanol–water partition coefficient (Wildman–Crippen LogP) is -0.432. The summed E-state index contributed by atoms with van der Waals surface area (Å²) in [6.45, 7) is 0. The van der Waals surface area contributed by atoms with Crippen LogP contribution in [0.3, 0.4) is 0 Å². The number of hydrogen-bond donors (Lipinski definition) is 3. The van der Waals surface area contributed by atoms with E-state index in [1.807, 2.05) is 0 Å². The number of methoxy groups -OCH3 is 1. The molecular weight excluding hydrogens is 216 g/mol. The minimum Gasteiger partial charge on any atom is -0.495 e. The normalized spacial score (nSPS) is 9.13. The van der Waals surface area contributed by atoms with Crippen LogP contribution in [-0.2, 0) is 0 Å². The first-order valence-corrected chi connectivity index (χ1v) is 4.40. The van der Waals surface area contributed by atoms with E-state index in [9.17, 15) is 4.79 Å². The van der Waals surface area contributed by atoms with Crippen LogP contribution in [0.4, 0.5) is 0 Å². The predicted molar refractivity (Wildman–Crippen MR) is 58.2 cm³/mol. The number of hydrazine groups is 1. The van der Waals surface area contributed by atoms with Gasteiger partial charge in [0, 0.05) is 0 Å². The molecule has 0 unspecified atom stereocenters. The molecule has 0 radical (unpaired) electrons. The van der Waals surface area contributed by atoms with Crippen molar-refractivity contribution in [3.05, 3.63) is 24.0 Å². The number of hydrogen-bond acceptors (Lipinski definition) is 4. The summed E-state index contributed by atoms with van der Waals surface area (Å²) in [5.41, 5.74) is 9.95. The molecule has 15 heavy (non-hydrogen) atoms. The number of ether oxygens (including phenoxy) is 1. The fourth-order valence-electron chi connectivity index (χ4n) is 0.818. The van der Waals surface area contributed by atoms with E-state index in [4.69, 9.17) is 10.5 Å². The Morgan fingerprint density at radius 2 is 2.27 bits per heavy atom. The van der Waals surface area contributed by atoms with E-state index in [1.54, 1.807) is 6.07 Å². The largest absolute Gasteiger partial charge is 0.495 e. The summed E-state index contributed by atoms with van der Waals surface area (Å²) < 4.78 is 4.90. The van der Waals surface area contributed by atoms with Crippen molar-refractivity contribution < 1.29 is 9.53 Å². The van der Waals surface area contributed by atoms with Crippen molar-refractivity contribution in [2.75, 3.05) is 7.11 Å². The summed E-state index contributed by atoms with van der Waals surface area (Å²) in [7, 11) is 1.52. The van der Waals surface area contributed by atoms with E-state index < -0.39 is 5.91 Å². The van der Waals surface area contributed by atoms with Crippen LogP contribution in [0.1, 0.15) is 10.5 Å². The summed E-state index contributed by atoms with van der Waals surface area (Å²) in [4.78, 5) is 15.2. The standard InChI is InChI=1S/C8H10N4O2S/c1-14-5-2-3-6(10-4-5)7(13)11-12-8(9)15/h2-4H,1H3,(H,11,13)(H3,9,12,15). The third-order valence-corrected chi connectivity index (χ3v) is 1.61. The fraction of sp³-hybridized carbons (Fsp3) is 0.125. The Kier molecular flexibility index (Phi) is 3.81. The Balaban J connectivity index is 2.62. The molecule has 1 aromatic rings. The first kappa shape index (κ1) is 11.2. The zero-order chi connectivity index (χ0) is 11.3. The lowest BCUT2D eigenvalue weighted by Crippen LogP contribution is -2.44. The van der Waals surface area contributed by atoms with Crippen molar-refractivity contribution in [3.63, 3.8) is 0 Å². The topological polar surface area (TPSA) is 89.3 Å². The number of carbonyl (C=O) groups excluding carboxylic acids is 1. The molecule has 7 heteroatoms. The highest BCUT2D eigenvalue weighted by Gasteiger charge is 2.06. The lowest BCUT2D eigenvalue weighted by atomic mass is 10.3. The minimum absolute atomic E-state index is 0.0168. The molecule has 0 fully saturated rings. The summed E-state index contributed by atoms with van der Waals surface area (Å²) in [6.07, 6.45) is 1.44. The molecule has 0 aromatic carbocycles. The van der Waals surface area contributed by atoms with Crippen molar-refractivity contribution >= 4 is 23.2 Å². The SMILES string of the molecule is COc1ccc(C(=O)NNC(N)=S)nc1. The van der Waals surface area contributed by atoms with Gasteiger partial charge in [-0.1, -0.05) is 0 Å². The third-order valence-electron chi connectivity index (χ3n) is 1.50. The molecule has 0 atom stereocenters. The average molecular weight is 226 g/mol. The second-order valence-electron chi connectivity index (χ2n) is 2.53. The van der Waals surface area contributed by atoms with Crippen LogP contribution in [0, 0.1) is 0 Å². The van der Waals surface area contributed by atoms with Crippen LogP contribution < -0.4 is 21.3 Å². The molecule has 0 saturated heterocycles. The molecule has 0 bridgehead atoms. The Morgan fingerprint density at radius 3 is 2.73 bits per heavy atom. The number of pyridine rings is 1. The molecule has 1 heterocycles. The molecule has 1 amide bonds. The van der Waals surface area contributed by atoms with Crippen LogP contribution in [-0.4, -0.2) is 23.1 Å². The highest BCUT2D eigenvalue weighted by Crippen LogP contribution is 2.07. The zero-order valence-electron chi connectivity index (χ0n) is 7.98. The van der Waals surface area contributed by atoms with Crippen molar-refractivity contribution in [1.82, 2.24) is 15.8 Å². The number of nitrogens with two attached hydrogens (primary N) is 1. The number of thiocarbonyl (C=S) groups is 1. The van der Waals surface area contributed by atoms with Gasteiger partial charge in [-0.25, -0.2) is 4.98 Å². The molecule has 0 spiro atoms. The zero-order valence-corrected chi connectivity index (χ0v) is 8.80. The van der Waals surface area contributed by atoms with Gasteiger partial charge >= 0.3 is 0 Å². The second-order valence-corrected chi connectivity index (χ2v) is 2.97. The smallest absolute Gasteiger partial charge is 0.288 e. The van der Waals surface area contributed by atoms with Crippen molar-refractivity contribution in [2.45, 2.75) is 0 Å². The average Bonchev–Trinajstić information content (AvgIpc) is 2.26. The Morgan fingerprint density at radius 1 is 1.53 bits per heavy atom.